The molecule has 2 aromatic rings. The minimum Gasteiger partial charge on any atom is -0.466 e. The Hall–Kier alpha value is -2.93. The van der Waals surface area contributed by atoms with Crippen LogP contribution in [0.2, 0.25) is 0 Å². The third-order valence-corrected chi connectivity index (χ3v) is 6.34. The number of ether oxygens (including phenoxy) is 1. The van der Waals surface area contributed by atoms with Crippen molar-refractivity contribution in [1.29, 1.82) is 0 Å². The van der Waals surface area contributed by atoms with Crippen molar-refractivity contribution in [3.63, 3.8) is 0 Å². The largest absolute Gasteiger partial charge is 0.466 e. The fourth-order valence-electron chi connectivity index (χ4n) is 4.53. The average Bonchev–Trinajstić information content (AvgIpc) is 2.81. The van der Waals surface area contributed by atoms with Gasteiger partial charge in [-0.05, 0) is 57.1 Å². The smallest absolute Gasteiger partial charge is 0.321 e. The predicted molar refractivity (Wildman–Crippen MR) is 136 cm³/mol. The van der Waals surface area contributed by atoms with E-state index in [4.69, 9.17) is 15.5 Å². The second-order valence-corrected chi connectivity index (χ2v) is 9.48. The van der Waals surface area contributed by atoms with Gasteiger partial charge in [-0.15, -0.1) is 0 Å². The number of aryl methyl sites for hydroxylation is 2. The number of aromatic nitrogens is 1. The van der Waals surface area contributed by atoms with E-state index in [-0.39, 0.29) is 17.9 Å². The number of pyridine rings is 1. The molecule has 1 fully saturated rings. The molecule has 2 amide bonds. The van der Waals surface area contributed by atoms with Crippen LogP contribution in [0.4, 0.5) is 10.5 Å². The number of piperidine rings is 1. The first-order valence-electron chi connectivity index (χ1n) is 12.3. The van der Waals surface area contributed by atoms with Crippen LogP contribution in [0, 0.1) is 25.7 Å². The van der Waals surface area contributed by atoms with Gasteiger partial charge in [-0.1, -0.05) is 43.7 Å². The standard InChI is InChI=1S/C27H38N4O3/c1-6-34-26(32)21-11-13-31(14-12-21)27(33)30-25-19(5)29-23(15-17(2)3)22(16-28)24(25)20-9-7-18(4)8-10-20/h7-10,17,21H,6,11-16,28H2,1-5H3,(H,30,33). The summed E-state index contributed by atoms with van der Waals surface area (Å²) >= 11 is 0. The summed E-state index contributed by atoms with van der Waals surface area (Å²) in [7, 11) is 0. The van der Waals surface area contributed by atoms with Crippen LogP contribution in [0.25, 0.3) is 11.1 Å². The number of carbonyl (C=O) groups excluding carboxylic acids is 2. The van der Waals surface area contributed by atoms with Gasteiger partial charge in [0.25, 0.3) is 0 Å². The quantitative estimate of drug-likeness (QED) is 0.570. The Balaban J connectivity index is 1.92. The van der Waals surface area contributed by atoms with Crippen LogP contribution in [-0.2, 0) is 22.5 Å². The molecule has 1 aliphatic rings. The molecular weight excluding hydrogens is 428 g/mol. The molecular formula is C27H38N4O3. The summed E-state index contributed by atoms with van der Waals surface area (Å²) < 4.78 is 5.15. The Morgan fingerprint density at radius 3 is 2.38 bits per heavy atom. The maximum atomic E-state index is 13.3. The van der Waals surface area contributed by atoms with Crippen molar-refractivity contribution in [3.8, 4) is 11.1 Å². The molecule has 1 aromatic carbocycles. The zero-order chi connectivity index (χ0) is 24.8. The lowest BCUT2D eigenvalue weighted by atomic mass is 9.92. The fraction of sp³-hybridized carbons (Fsp3) is 0.519. The first kappa shape index (κ1) is 25.7. The summed E-state index contributed by atoms with van der Waals surface area (Å²) in [5, 5.41) is 3.14. The van der Waals surface area contributed by atoms with Crippen LogP contribution in [0.15, 0.2) is 24.3 Å². The number of benzene rings is 1. The number of rotatable bonds is 7. The van der Waals surface area contributed by atoms with Gasteiger partial charge in [0.2, 0.25) is 0 Å². The second-order valence-electron chi connectivity index (χ2n) is 9.48. The highest BCUT2D eigenvalue weighted by Crippen LogP contribution is 2.36. The number of hydrogen-bond donors (Lipinski definition) is 2. The van der Waals surface area contributed by atoms with Crippen molar-refractivity contribution >= 4 is 17.7 Å². The number of carbonyl (C=O) groups is 2. The monoisotopic (exact) mass is 466 g/mol. The molecule has 0 bridgehead atoms. The third-order valence-electron chi connectivity index (χ3n) is 6.34. The van der Waals surface area contributed by atoms with E-state index in [2.05, 4.69) is 50.4 Å². The molecule has 0 saturated carbocycles. The molecule has 34 heavy (non-hydrogen) atoms. The molecule has 3 N–H and O–H groups in total. The number of amides is 2. The van der Waals surface area contributed by atoms with E-state index in [0.29, 0.717) is 50.7 Å². The zero-order valence-corrected chi connectivity index (χ0v) is 21.1. The molecule has 2 heterocycles. The molecule has 0 aliphatic carbocycles. The second kappa shape index (κ2) is 11.5. The topological polar surface area (TPSA) is 97.5 Å². The van der Waals surface area contributed by atoms with Crippen molar-refractivity contribution in [1.82, 2.24) is 9.88 Å². The number of nitrogens with two attached hydrogens (primary N) is 1. The van der Waals surface area contributed by atoms with E-state index in [1.807, 2.05) is 13.8 Å². The van der Waals surface area contributed by atoms with Gasteiger partial charge in [0.1, 0.15) is 0 Å². The predicted octanol–water partition coefficient (Wildman–Crippen LogP) is 4.83. The first-order valence-corrected chi connectivity index (χ1v) is 12.3. The van der Waals surface area contributed by atoms with Crippen LogP contribution in [0.3, 0.4) is 0 Å². The lowest BCUT2D eigenvalue weighted by molar-refractivity contribution is -0.149. The highest BCUT2D eigenvalue weighted by molar-refractivity contribution is 5.96. The van der Waals surface area contributed by atoms with Crippen LogP contribution in [0.5, 0.6) is 0 Å². The number of hydrogen-bond acceptors (Lipinski definition) is 5. The molecule has 1 aromatic heterocycles. The Morgan fingerprint density at radius 2 is 1.82 bits per heavy atom. The highest BCUT2D eigenvalue weighted by atomic mass is 16.5. The van der Waals surface area contributed by atoms with E-state index < -0.39 is 0 Å². The molecule has 7 nitrogen and oxygen atoms in total. The van der Waals surface area contributed by atoms with E-state index in [1.54, 1.807) is 4.90 Å². The van der Waals surface area contributed by atoms with Gasteiger partial charge >= 0.3 is 12.0 Å². The van der Waals surface area contributed by atoms with Gasteiger partial charge in [-0.2, -0.15) is 0 Å². The molecule has 0 atom stereocenters. The summed E-state index contributed by atoms with van der Waals surface area (Å²) in [6, 6.07) is 8.10. The number of nitrogens with one attached hydrogen (secondary N) is 1. The van der Waals surface area contributed by atoms with Gasteiger partial charge in [-0.25, -0.2) is 4.79 Å². The van der Waals surface area contributed by atoms with Crippen molar-refractivity contribution in [3.05, 3.63) is 46.8 Å². The van der Waals surface area contributed by atoms with E-state index >= 15 is 0 Å². The minimum absolute atomic E-state index is 0.144. The van der Waals surface area contributed by atoms with Gasteiger partial charge in [0.15, 0.2) is 0 Å². The molecule has 0 unspecified atom stereocenters. The lowest BCUT2D eigenvalue weighted by Gasteiger charge is -2.31. The molecule has 184 valence electrons. The number of urea groups is 1. The van der Waals surface area contributed by atoms with Gasteiger partial charge < -0.3 is 20.7 Å². The number of anilines is 1. The Morgan fingerprint density at radius 1 is 1.18 bits per heavy atom. The molecule has 0 spiro atoms. The van der Waals surface area contributed by atoms with Crippen molar-refractivity contribution in [2.45, 2.75) is 60.4 Å². The maximum Gasteiger partial charge on any atom is 0.321 e. The van der Waals surface area contributed by atoms with E-state index in [0.717, 1.165) is 34.5 Å². The summed E-state index contributed by atoms with van der Waals surface area (Å²) in [5.74, 6) is 0.122. The van der Waals surface area contributed by atoms with Gasteiger partial charge in [0.05, 0.1) is 23.9 Å². The Bertz CT molecular complexity index is 1010. The lowest BCUT2D eigenvalue weighted by Crippen LogP contribution is -2.43. The summed E-state index contributed by atoms with van der Waals surface area (Å²) in [5.41, 5.74) is 12.8. The van der Waals surface area contributed by atoms with Crippen molar-refractivity contribution < 1.29 is 14.3 Å². The molecule has 3 rings (SSSR count). The van der Waals surface area contributed by atoms with Crippen LogP contribution >= 0.6 is 0 Å². The van der Waals surface area contributed by atoms with Gasteiger partial charge in [0, 0.05) is 30.9 Å². The highest BCUT2D eigenvalue weighted by Gasteiger charge is 2.29. The molecule has 7 heteroatoms. The molecule has 1 aliphatic heterocycles. The zero-order valence-electron chi connectivity index (χ0n) is 21.1. The normalized spacial score (nSPS) is 14.4. The fourth-order valence-corrected chi connectivity index (χ4v) is 4.53. The van der Waals surface area contributed by atoms with E-state index in [9.17, 15) is 9.59 Å². The number of nitrogens with zero attached hydrogens (tertiary/aromatic N) is 2. The number of likely N-dealkylation sites (tertiary alicyclic amines) is 1. The van der Waals surface area contributed by atoms with Crippen LogP contribution in [-0.4, -0.2) is 41.6 Å². The van der Waals surface area contributed by atoms with E-state index in [1.165, 1.54) is 5.56 Å². The number of esters is 1. The third kappa shape index (κ3) is 5.95. The maximum absolute atomic E-state index is 13.3. The average molecular weight is 467 g/mol. The minimum atomic E-state index is -0.180. The summed E-state index contributed by atoms with van der Waals surface area (Å²) in [4.78, 5) is 31.9. The first-order chi connectivity index (χ1) is 16.2. The van der Waals surface area contributed by atoms with Gasteiger partial charge in [-0.3, -0.25) is 9.78 Å². The Labute approximate surface area is 203 Å². The summed E-state index contributed by atoms with van der Waals surface area (Å²) in [6.45, 7) is 11.9. The molecule has 0 radical (unpaired) electrons. The van der Waals surface area contributed by atoms with Crippen molar-refractivity contribution in [2.75, 3.05) is 25.0 Å². The SMILES string of the molecule is CCOC(=O)C1CCN(C(=O)Nc2c(C)nc(CC(C)C)c(CN)c2-c2ccc(C)cc2)CC1. The summed E-state index contributed by atoms with van der Waals surface area (Å²) in [6.07, 6.45) is 2.03. The Kier molecular flexibility index (Phi) is 8.67. The molecule has 1 saturated heterocycles. The van der Waals surface area contributed by atoms with Crippen molar-refractivity contribution in [2.24, 2.45) is 17.6 Å². The van der Waals surface area contributed by atoms with Crippen LogP contribution in [0.1, 0.15) is 56.1 Å². The van der Waals surface area contributed by atoms with Crippen LogP contribution < -0.4 is 11.1 Å².